The van der Waals surface area contributed by atoms with Crippen LogP contribution < -0.4 is 10.3 Å². The van der Waals surface area contributed by atoms with E-state index in [1.165, 1.54) is 14.0 Å². The number of nitrogens with one attached hydrogen (secondary N) is 1. The van der Waals surface area contributed by atoms with Crippen molar-refractivity contribution in [3.8, 4) is 5.75 Å². The Balaban J connectivity index is 2.65. The Bertz CT molecular complexity index is 676. The monoisotopic (exact) mass is 265 g/mol. The summed E-state index contributed by atoms with van der Waals surface area (Å²) in [5.74, 6) is 0.478. The van der Waals surface area contributed by atoms with Gasteiger partial charge in [-0.15, -0.1) is 0 Å². The van der Waals surface area contributed by atoms with Gasteiger partial charge in [0.1, 0.15) is 11.5 Å². The summed E-state index contributed by atoms with van der Waals surface area (Å²) in [7, 11) is 1.52. The predicted molar refractivity (Wildman–Crippen MR) is 70.5 cm³/mol. The summed E-state index contributed by atoms with van der Waals surface area (Å²) in [5, 5.41) is 1.21. The van der Waals surface area contributed by atoms with Crippen molar-refractivity contribution in [2.75, 3.05) is 7.11 Å². The fourth-order valence-corrected chi connectivity index (χ4v) is 2.05. The maximum atomic E-state index is 11.8. The quantitative estimate of drug-likeness (QED) is 0.927. The predicted octanol–water partition coefficient (Wildman–Crippen LogP) is 2.32. The number of carbonyl (C=O) groups is 1. The fraction of sp³-hybridized carbons (Fsp3) is 0.231. The molecule has 0 unspecified atom stereocenters. The number of methoxy groups -OCH3 is 1. The Labute approximate surface area is 109 Å². The molecule has 0 atom stereocenters. The van der Waals surface area contributed by atoms with E-state index in [-0.39, 0.29) is 17.8 Å². The normalized spacial score (nSPS) is 10.6. The molecule has 0 aliphatic rings. The number of ketones is 1. The summed E-state index contributed by atoms with van der Waals surface area (Å²) in [5.41, 5.74) is 0.802. The van der Waals surface area contributed by atoms with Crippen LogP contribution in [-0.4, -0.2) is 17.9 Å². The molecule has 0 bridgehead atoms. The lowest BCUT2D eigenvalue weighted by atomic mass is 10.1. The Kier molecular flexibility index (Phi) is 3.39. The van der Waals surface area contributed by atoms with Crippen molar-refractivity contribution in [3.63, 3.8) is 0 Å². The first-order valence-electron chi connectivity index (χ1n) is 5.40. The first-order chi connectivity index (χ1) is 8.51. The zero-order valence-corrected chi connectivity index (χ0v) is 10.8. The average molecular weight is 266 g/mol. The summed E-state index contributed by atoms with van der Waals surface area (Å²) >= 11 is 5.98. The first kappa shape index (κ1) is 12.6. The molecule has 2 aromatic rings. The number of carbonyl (C=O) groups excluding carboxylic acids is 1. The van der Waals surface area contributed by atoms with Crippen LogP contribution in [0.3, 0.4) is 0 Å². The highest BCUT2D eigenvalue weighted by molar-refractivity contribution is 6.32. The van der Waals surface area contributed by atoms with Gasteiger partial charge < -0.3 is 9.72 Å². The van der Waals surface area contributed by atoms with Crippen molar-refractivity contribution in [2.45, 2.75) is 13.3 Å². The van der Waals surface area contributed by atoms with Crippen LogP contribution in [0, 0.1) is 0 Å². The van der Waals surface area contributed by atoms with Gasteiger partial charge in [0.2, 0.25) is 0 Å². The topological polar surface area (TPSA) is 59.2 Å². The van der Waals surface area contributed by atoms with Gasteiger partial charge >= 0.3 is 0 Å². The third-order valence-corrected chi connectivity index (χ3v) is 2.93. The highest BCUT2D eigenvalue weighted by Gasteiger charge is 2.08. The van der Waals surface area contributed by atoms with Gasteiger partial charge in [-0.2, -0.15) is 0 Å². The van der Waals surface area contributed by atoms with Crippen LogP contribution in [0.25, 0.3) is 10.9 Å². The second-order valence-corrected chi connectivity index (χ2v) is 4.48. The lowest BCUT2D eigenvalue weighted by Crippen LogP contribution is -2.15. The van der Waals surface area contributed by atoms with Gasteiger partial charge in [-0.3, -0.25) is 9.59 Å². The molecule has 1 aromatic carbocycles. The zero-order valence-electron chi connectivity index (χ0n) is 10.0. The van der Waals surface area contributed by atoms with E-state index in [1.807, 2.05) is 0 Å². The van der Waals surface area contributed by atoms with E-state index in [0.717, 1.165) is 5.39 Å². The van der Waals surface area contributed by atoms with Gasteiger partial charge in [-0.25, -0.2) is 0 Å². The Morgan fingerprint density at radius 1 is 1.39 bits per heavy atom. The van der Waals surface area contributed by atoms with Crippen molar-refractivity contribution in [3.05, 3.63) is 39.1 Å². The zero-order chi connectivity index (χ0) is 13.3. The van der Waals surface area contributed by atoms with Crippen LogP contribution in [0.15, 0.2) is 23.0 Å². The van der Waals surface area contributed by atoms with Crippen molar-refractivity contribution >= 4 is 28.3 Å². The number of hydrogen-bond donors (Lipinski definition) is 1. The van der Waals surface area contributed by atoms with E-state index >= 15 is 0 Å². The van der Waals surface area contributed by atoms with E-state index in [1.54, 1.807) is 18.2 Å². The molecule has 0 saturated carbocycles. The summed E-state index contributed by atoms with van der Waals surface area (Å²) in [6.45, 7) is 1.45. The number of Topliss-reactive ketones (excluding diaryl/α,β-unsaturated/α-hetero) is 1. The van der Waals surface area contributed by atoms with Crippen molar-refractivity contribution in [2.24, 2.45) is 0 Å². The molecule has 1 heterocycles. The van der Waals surface area contributed by atoms with E-state index in [4.69, 9.17) is 16.3 Å². The molecular formula is C13H12ClNO3. The molecule has 94 valence electrons. The number of halogens is 1. The van der Waals surface area contributed by atoms with Crippen LogP contribution in [0.4, 0.5) is 0 Å². The molecule has 2 rings (SSSR count). The van der Waals surface area contributed by atoms with E-state index in [9.17, 15) is 9.59 Å². The molecule has 0 amide bonds. The third kappa shape index (κ3) is 2.38. The van der Waals surface area contributed by atoms with Crippen molar-refractivity contribution < 1.29 is 9.53 Å². The molecular weight excluding hydrogens is 254 g/mol. The van der Waals surface area contributed by atoms with E-state index in [0.29, 0.717) is 21.9 Å². The van der Waals surface area contributed by atoms with Crippen molar-refractivity contribution in [1.82, 2.24) is 4.98 Å². The van der Waals surface area contributed by atoms with Crippen molar-refractivity contribution in [1.29, 1.82) is 0 Å². The van der Waals surface area contributed by atoms with Gasteiger partial charge in [0.25, 0.3) is 5.56 Å². The molecule has 0 aliphatic heterocycles. The summed E-state index contributed by atoms with van der Waals surface area (Å²) in [6.07, 6.45) is 0.121. The minimum atomic E-state index is -0.265. The van der Waals surface area contributed by atoms with Gasteiger partial charge in [0.15, 0.2) is 0 Å². The molecule has 5 heteroatoms. The molecule has 0 fully saturated rings. The molecule has 0 spiro atoms. The highest BCUT2D eigenvalue weighted by Crippen LogP contribution is 2.28. The van der Waals surface area contributed by atoms with Crippen LogP contribution in [0.2, 0.25) is 5.02 Å². The van der Waals surface area contributed by atoms with Gasteiger partial charge in [0.05, 0.1) is 17.6 Å². The molecule has 1 N–H and O–H groups in total. The summed E-state index contributed by atoms with van der Waals surface area (Å²) < 4.78 is 5.11. The smallest absolute Gasteiger partial charge is 0.252 e. The third-order valence-electron chi connectivity index (χ3n) is 2.63. The van der Waals surface area contributed by atoms with Crippen LogP contribution in [-0.2, 0) is 11.2 Å². The minimum absolute atomic E-state index is 0.0548. The first-order valence-corrected chi connectivity index (χ1v) is 5.78. The largest absolute Gasteiger partial charge is 0.495 e. The molecule has 1 aromatic heterocycles. The van der Waals surface area contributed by atoms with Crippen LogP contribution in [0.5, 0.6) is 5.75 Å². The number of pyridine rings is 1. The Morgan fingerprint density at radius 3 is 2.72 bits per heavy atom. The van der Waals surface area contributed by atoms with Gasteiger partial charge in [0, 0.05) is 17.4 Å². The van der Waals surface area contributed by atoms with E-state index in [2.05, 4.69) is 4.98 Å². The number of aromatic amines is 1. The molecule has 18 heavy (non-hydrogen) atoms. The van der Waals surface area contributed by atoms with Crippen LogP contribution >= 0.6 is 11.6 Å². The molecule has 4 nitrogen and oxygen atoms in total. The number of rotatable bonds is 3. The number of fused-ring (bicyclic) bond motifs is 1. The Hall–Kier alpha value is -1.81. The van der Waals surface area contributed by atoms with E-state index < -0.39 is 0 Å². The number of benzene rings is 1. The standard InChI is InChI=1S/C13H12ClNO3/c1-7(16)3-9-4-8-5-12(18-2)10(14)6-11(8)15-13(9)17/h4-6H,3H2,1-2H3,(H,15,17). The second kappa shape index (κ2) is 4.82. The molecule has 0 saturated heterocycles. The number of aromatic nitrogens is 1. The van der Waals surface area contributed by atoms with Gasteiger partial charge in [-0.05, 0) is 25.1 Å². The summed E-state index contributed by atoms with van der Waals surface area (Å²) in [4.78, 5) is 25.5. The SMILES string of the molecule is COc1cc2cc(CC(C)=O)c(=O)[nH]c2cc1Cl. The molecule has 0 aliphatic carbocycles. The lowest BCUT2D eigenvalue weighted by molar-refractivity contribution is -0.116. The minimum Gasteiger partial charge on any atom is -0.495 e. The van der Waals surface area contributed by atoms with Crippen LogP contribution in [0.1, 0.15) is 12.5 Å². The molecule has 0 radical (unpaired) electrons. The lowest BCUT2D eigenvalue weighted by Gasteiger charge is -2.06. The number of H-pyrrole nitrogens is 1. The second-order valence-electron chi connectivity index (χ2n) is 4.08. The Morgan fingerprint density at radius 2 is 2.11 bits per heavy atom. The summed E-state index contributed by atoms with van der Waals surface area (Å²) in [6, 6.07) is 5.06. The number of hydrogen-bond acceptors (Lipinski definition) is 3. The average Bonchev–Trinajstić information content (AvgIpc) is 2.29. The maximum absolute atomic E-state index is 11.8. The maximum Gasteiger partial charge on any atom is 0.252 e. The fourth-order valence-electron chi connectivity index (χ4n) is 1.81. The highest BCUT2D eigenvalue weighted by atomic mass is 35.5. The van der Waals surface area contributed by atoms with Gasteiger partial charge in [-0.1, -0.05) is 11.6 Å². The number of ether oxygens (including phenoxy) is 1.